The van der Waals surface area contributed by atoms with Gasteiger partial charge in [-0.15, -0.1) is 0 Å². The van der Waals surface area contributed by atoms with Crippen LogP contribution >= 0.6 is 0 Å². The third kappa shape index (κ3) is 12.0. The van der Waals surface area contributed by atoms with Gasteiger partial charge in [-0.25, -0.2) is 0 Å². The van der Waals surface area contributed by atoms with Gasteiger partial charge in [0.2, 0.25) is 0 Å². The maximum Gasteiger partial charge on any atom is 0.302 e. The van der Waals surface area contributed by atoms with Gasteiger partial charge in [-0.3, -0.25) is 9.59 Å². The van der Waals surface area contributed by atoms with Crippen LogP contribution in [0.3, 0.4) is 0 Å². The number of ether oxygens (including phenoxy) is 6. The van der Waals surface area contributed by atoms with Crippen molar-refractivity contribution in [1.29, 1.82) is 0 Å². The largest absolute Gasteiger partial charge is 0.463 e. The fourth-order valence-electron chi connectivity index (χ4n) is 4.83. The molecule has 0 aromatic carbocycles. The molecule has 0 aromatic heterocycles. The average Bonchev–Trinajstić information content (AvgIpc) is 2.93. The van der Waals surface area contributed by atoms with E-state index in [2.05, 4.69) is 6.92 Å². The summed E-state index contributed by atoms with van der Waals surface area (Å²) in [5, 5.41) is 52.6. The highest BCUT2D eigenvalue weighted by Gasteiger charge is 2.51. The SMILES string of the molecule is CCCCCCCCCCCCO[C@@H]1O[C@H](COC(C)=O)[C@@H](O)[C@H](O)[C@H]1OC1O[C@H](COC(C)=O)[C@@H](O)[C@H](O)[C@H]1O. The summed E-state index contributed by atoms with van der Waals surface area (Å²) in [4.78, 5) is 22.5. The Labute approximate surface area is 242 Å². The number of hydrogen-bond acceptors (Lipinski definition) is 13. The highest BCUT2D eigenvalue weighted by molar-refractivity contribution is 5.66. The third-order valence-electron chi connectivity index (χ3n) is 7.29. The smallest absolute Gasteiger partial charge is 0.302 e. The molecule has 1 unspecified atom stereocenters. The maximum atomic E-state index is 11.3. The van der Waals surface area contributed by atoms with Gasteiger partial charge in [0.1, 0.15) is 62.0 Å². The second-order valence-electron chi connectivity index (χ2n) is 10.8. The molecule has 2 saturated heterocycles. The Hall–Kier alpha value is -1.42. The van der Waals surface area contributed by atoms with Crippen LogP contribution in [0.1, 0.15) is 85.0 Å². The first-order chi connectivity index (χ1) is 19.6. The van der Waals surface area contributed by atoms with Gasteiger partial charge in [0, 0.05) is 20.5 Å². The van der Waals surface area contributed by atoms with Crippen molar-refractivity contribution in [2.45, 2.75) is 146 Å². The summed E-state index contributed by atoms with van der Waals surface area (Å²) in [7, 11) is 0. The molecule has 2 aliphatic heterocycles. The van der Waals surface area contributed by atoms with E-state index in [0.717, 1.165) is 26.2 Å². The van der Waals surface area contributed by atoms with E-state index in [0.29, 0.717) is 6.42 Å². The molecule has 2 rings (SSSR count). The number of carbonyl (C=O) groups is 2. The number of esters is 2. The third-order valence-corrected chi connectivity index (χ3v) is 7.29. The quantitative estimate of drug-likeness (QED) is 0.110. The predicted octanol–water partition coefficient (Wildman–Crippen LogP) is 0.690. The van der Waals surface area contributed by atoms with Crippen molar-refractivity contribution in [1.82, 2.24) is 0 Å². The molecule has 0 saturated carbocycles. The van der Waals surface area contributed by atoms with E-state index in [1.54, 1.807) is 0 Å². The van der Waals surface area contributed by atoms with Crippen molar-refractivity contribution in [3.8, 4) is 0 Å². The fraction of sp³-hybridized carbons (Fsp3) is 0.929. The molecule has 13 heteroatoms. The zero-order valence-electron chi connectivity index (χ0n) is 24.5. The van der Waals surface area contributed by atoms with Crippen molar-refractivity contribution in [2.24, 2.45) is 0 Å². The van der Waals surface area contributed by atoms with E-state index in [-0.39, 0.29) is 13.2 Å². The minimum atomic E-state index is -1.75. The van der Waals surface area contributed by atoms with Gasteiger partial charge in [-0.2, -0.15) is 0 Å². The van der Waals surface area contributed by atoms with Gasteiger partial charge < -0.3 is 54.0 Å². The van der Waals surface area contributed by atoms with E-state index in [1.165, 1.54) is 45.4 Å². The monoisotopic (exact) mass is 594 g/mol. The molecule has 2 fully saturated rings. The Morgan fingerprint density at radius 2 is 1.07 bits per heavy atom. The topological polar surface area (TPSA) is 191 Å². The zero-order chi connectivity index (χ0) is 30.4. The Bertz CT molecular complexity index is 752. The molecule has 0 spiro atoms. The number of rotatable bonds is 18. The molecular formula is C28H50O13. The molecule has 0 bridgehead atoms. The standard InChI is InChI=1S/C28H50O13/c1-4-5-6-7-8-9-10-11-12-13-14-36-28-26(24(34)22(32)20(40-28)16-38-18(3)30)41-27-25(35)23(33)21(31)19(39-27)15-37-17(2)29/h19-28,31-35H,4-16H2,1-3H3/t19-,20-,21-,22-,23+,24+,25-,26-,27?,28-/m1/s1. The van der Waals surface area contributed by atoms with Crippen LogP contribution in [-0.2, 0) is 38.0 Å². The van der Waals surface area contributed by atoms with Crippen LogP contribution in [0.15, 0.2) is 0 Å². The van der Waals surface area contributed by atoms with Crippen molar-refractivity contribution in [2.75, 3.05) is 19.8 Å². The minimum Gasteiger partial charge on any atom is -0.463 e. The summed E-state index contributed by atoms with van der Waals surface area (Å²) in [6.07, 6.45) is -3.54. The summed E-state index contributed by atoms with van der Waals surface area (Å²) in [5.74, 6) is -1.24. The second-order valence-corrected chi connectivity index (χ2v) is 10.8. The van der Waals surface area contributed by atoms with E-state index >= 15 is 0 Å². The Balaban J connectivity index is 1.97. The normalized spacial score (nSPS) is 33.9. The lowest BCUT2D eigenvalue weighted by molar-refractivity contribution is -0.367. The van der Waals surface area contributed by atoms with Crippen LogP contribution in [0, 0.1) is 0 Å². The van der Waals surface area contributed by atoms with Crippen LogP contribution in [0.25, 0.3) is 0 Å². The molecule has 10 atom stereocenters. The predicted molar refractivity (Wildman–Crippen MR) is 143 cm³/mol. The first-order valence-electron chi connectivity index (χ1n) is 14.8. The van der Waals surface area contributed by atoms with Gasteiger partial charge >= 0.3 is 11.9 Å². The van der Waals surface area contributed by atoms with E-state index in [1.807, 2.05) is 0 Å². The van der Waals surface area contributed by atoms with Crippen molar-refractivity contribution >= 4 is 11.9 Å². The first kappa shape index (κ1) is 35.8. The molecule has 13 nitrogen and oxygen atoms in total. The maximum absolute atomic E-state index is 11.3. The number of aliphatic hydroxyl groups excluding tert-OH is 5. The summed E-state index contributed by atoms with van der Waals surface area (Å²) in [5.41, 5.74) is 0. The van der Waals surface area contributed by atoms with Crippen LogP contribution in [0.2, 0.25) is 0 Å². The molecule has 41 heavy (non-hydrogen) atoms. The molecule has 5 N–H and O–H groups in total. The van der Waals surface area contributed by atoms with Gasteiger partial charge in [-0.1, -0.05) is 64.7 Å². The van der Waals surface area contributed by atoms with Crippen LogP contribution in [0.4, 0.5) is 0 Å². The van der Waals surface area contributed by atoms with Crippen LogP contribution < -0.4 is 0 Å². The molecule has 2 heterocycles. The van der Waals surface area contributed by atoms with E-state index in [9.17, 15) is 35.1 Å². The van der Waals surface area contributed by atoms with Crippen molar-refractivity contribution in [3.63, 3.8) is 0 Å². The molecule has 0 aliphatic carbocycles. The number of carbonyl (C=O) groups excluding carboxylic acids is 2. The summed E-state index contributed by atoms with van der Waals surface area (Å²) >= 11 is 0. The molecule has 2 aliphatic rings. The van der Waals surface area contributed by atoms with Crippen molar-refractivity contribution in [3.05, 3.63) is 0 Å². The second kappa shape index (κ2) is 19.0. The zero-order valence-corrected chi connectivity index (χ0v) is 24.5. The van der Waals surface area contributed by atoms with E-state index in [4.69, 9.17) is 28.4 Å². The summed E-state index contributed by atoms with van der Waals surface area (Å²) < 4.78 is 32.8. The summed E-state index contributed by atoms with van der Waals surface area (Å²) in [6.45, 7) is 4.05. The lowest BCUT2D eigenvalue weighted by Crippen LogP contribution is -2.64. The Morgan fingerprint density at radius 1 is 0.610 bits per heavy atom. The Morgan fingerprint density at radius 3 is 1.59 bits per heavy atom. The van der Waals surface area contributed by atoms with E-state index < -0.39 is 80.0 Å². The minimum absolute atomic E-state index is 0.245. The highest BCUT2D eigenvalue weighted by atomic mass is 16.8. The van der Waals surface area contributed by atoms with Gasteiger partial charge in [0.25, 0.3) is 0 Å². The fourth-order valence-corrected chi connectivity index (χ4v) is 4.83. The number of unbranched alkanes of at least 4 members (excludes halogenated alkanes) is 9. The molecule has 0 aromatic rings. The van der Waals surface area contributed by atoms with Gasteiger partial charge in [-0.05, 0) is 6.42 Å². The van der Waals surface area contributed by atoms with Crippen LogP contribution in [-0.4, -0.2) is 119 Å². The highest BCUT2D eigenvalue weighted by Crippen LogP contribution is 2.30. The number of aliphatic hydroxyl groups is 5. The van der Waals surface area contributed by atoms with Gasteiger partial charge in [0.15, 0.2) is 12.6 Å². The molecule has 0 amide bonds. The summed E-state index contributed by atoms with van der Waals surface area (Å²) in [6, 6.07) is 0. The van der Waals surface area contributed by atoms with Crippen molar-refractivity contribution < 1.29 is 63.5 Å². The first-order valence-corrected chi connectivity index (χ1v) is 14.8. The van der Waals surface area contributed by atoms with Gasteiger partial charge in [0.05, 0.1) is 0 Å². The van der Waals surface area contributed by atoms with Crippen LogP contribution in [0.5, 0.6) is 0 Å². The average molecular weight is 595 g/mol. The number of hydrogen-bond donors (Lipinski definition) is 5. The lowest BCUT2D eigenvalue weighted by atomic mass is 9.97. The Kier molecular flexibility index (Phi) is 16.6. The lowest BCUT2D eigenvalue weighted by Gasteiger charge is -2.46. The molecule has 240 valence electrons. The molecular weight excluding hydrogens is 544 g/mol. The molecule has 0 radical (unpaired) electrons.